The fourth-order valence-corrected chi connectivity index (χ4v) is 2.64. The molecule has 1 aliphatic heterocycles. The van der Waals surface area contributed by atoms with Gasteiger partial charge in [-0.3, -0.25) is 4.90 Å². The van der Waals surface area contributed by atoms with Gasteiger partial charge in [0.05, 0.1) is 5.60 Å². The van der Waals surface area contributed by atoms with Crippen LogP contribution in [0.1, 0.15) is 40.0 Å². The molecule has 1 aliphatic rings. The maximum absolute atomic E-state index is 6.15. The number of rotatable bonds is 5. The van der Waals surface area contributed by atoms with E-state index in [9.17, 15) is 0 Å². The van der Waals surface area contributed by atoms with Gasteiger partial charge in [-0.1, -0.05) is 13.8 Å². The minimum absolute atomic E-state index is 0.0375. The van der Waals surface area contributed by atoms with Crippen LogP contribution in [0.5, 0.6) is 0 Å². The van der Waals surface area contributed by atoms with Crippen molar-refractivity contribution in [2.75, 3.05) is 26.7 Å². The molecular formula is C13H28N2O. The Bertz CT molecular complexity index is 208. The summed E-state index contributed by atoms with van der Waals surface area (Å²) in [5.41, 5.74) is 6.19. The largest absolute Gasteiger partial charge is 0.377 e. The lowest BCUT2D eigenvalue weighted by Gasteiger charge is -2.40. The summed E-state index contributed by atoms with van der Waals surface area (Å²) in [6.45, 7) is 9.87. The van der Waals surface area contributed by atoms with E-state index in [-0.39, 0.29) is 5.60 Å². The molecule has 1 saturated heterocycles. The van der Waals surface area contributed by atoms with Crippen LogP contribution < -0.4 is 5.73 Å². The molecule has 0 aromatic rings. The van der Waals surface area contributed by atoms with Gasteiger partial charge in [0, 0.05) is 26.2 Å². The first kappa shape index (κ1) is 13.9. The minimum atomic E-state index is 0.0375. The van der Waals surface area contributed by atoms with E-state index in [1.807, 2.05) is 7.11 Å². The number of hydrogen-bond donors (Lipinski definition) is 1. The first-order valence-electron chi connectivity index (χ1n) is 6.48. The third-order valence-electron chi connectivity index (χ3n) is 3.50. The average molecular weight is 228 g/mol. The van der Waals surface area contributed by atoms with Crippen LogP contribution >= 0.6 is 0 Å². The second kappa shape index (κ2) is 5.99. The predicted octanol–water partition coefficient (Wildman–Crippen LogP) is 1.86. The van der Waals surface area contributed by atoms with Crippen molar-refractivity contribution in [2.24, 2.45) is 11.7 Å². The number of hydrogen-bond acceptors (Lipinski definition) is 3. The van der Waals surface area contributed by atoms with Crippen LogP contribution in [-0.2, 0) is 4.74 Å². The highest BCUT2D eigenvalue weighted by molar-refractivity contribution is 4.86. The van der Waals surface area contributed by atoms with E-state index in [2.05, 4.69) is 25.7 Å². The van der Waals surface area contributed by atoms with Gasteiger partial charge in [0.25, 0.3) is 0 Å². The summed E-state index contributed by atoms with van der Waals surface area (Å²) >= 11 is 0. The molecule has 2 atom stereocenters. The summed E-state index contributed by atoms with van der Waals surface area (Å²) < 4.78 is 5.59. The summed E-state index contributed by atoms with van der Waals surface area (Å²) in [6, 6.07) is 0.305. The van der Waals surface area contributed by atoms with Crippen molar-refractivity contribution in [3.8, 4) is 0 Å². The van der Waals surface area contributed by atoms with Gasteiger partial charge >= 0.3 is 0 Å². The maximum Gasteiger partial charge on any atom is 0.0777 e. The lowest BCUT2D eigenvalue weighted by molar-refractivity contribution is -0.0518. The molecule has 96 valence electrons. The fraction of sp³-hybridized carbons (Fsp3) is 1.00. The van der Waals surface area contributed by atoms with Crippen LogP contribution in [0.15, 0.2) is 0 Å². The van der Waals surface area contributed by atoms with E-state index < -0.39 is 0 Å². The molecule has 2 N–H and O–H groups in total. The lowest BCUT2D eigenvalue weighted by Crippen LogP contribution is -2.50. The molecule has 1 fully saturated rings. The molecule has 0 aromatic heterocycles. The average Bonchev–Trinajstić information content (AvgIpc) is 2.16. The summed E-state index contributed by atoms with van der Waals surface area (Å²) in [5, 5.41) is 0. The van der Waals surface area contributed by atoms with Gasteiger partial charge in [0.2, 0.25) is 0 Å². The molecule has 0 radical (unpaired) electrons. The Morgan fingerprint density at radius 3 is 2.69 bits per heavy atom. The topological polar surface area (TPSA) is 38.5 Å². The number of likely N-dealkylation sites (tertiary alicyclic amines) is 1. The van der Waals surface area contributed by atoms with Crippen LogP contribution in [0.2, 0.25) is 0 Å². The van der Waals surface area contributed by atoms with Crippen molar-refractivity contribution in [2.45, 2.75) is 51.7 Å². The second-order valence-corrected chi connectivity index (χ2v) is 5.88. The summed E-state index contributed by atoms with van der Waals surface area (Å²) in [7, 11) is 1.82. The zero-order chi connectivity index (χ0) is 12.2. The Kier molecular flexibility index (Phi) is 5.22. The van der Waals surface area contributed by atoms with Crippen molar-refractivity contribution < 1.29 is 4.74 Å². The molecule has 3 heteroatoms. The number of ether oxygens (including phenoxy) is 1. The number of piperidine rings is 1. The van der Waals surface area contributed by atoms with Gasteiger partial charge in [0.15, 0.2) is 0 Å². The Morgan fingerprint density at radius 2 is 2.12 bits per heavy atom. The molecule has 0 aromatic carbocycles. The van der Waals surface area contributed by atoms with Crippen molar-refractivity contribution >= 4 is 0 Å². The van der Waals surface area contributed by atoms with Crippen LogP contribution in [0.25, 0.3) is 0 Å². The number of nitrogens with zero attached hydrogens (tertiary/aromatic N) is 1. The standard InChI is InChI=1S/C13H28N2O/c1-11(2)8-12(14)9-15-7-5-6-13(3,10-15)16-4/h11-12H,5-10,14H2,1-4H3. The monoisotopic (exact) mass is 228 g/mol. The molecule has 0 spiro atoms. The van der Waals surface area contributed by atoms with E-state index in [1.54, 1.807) is 0 Å². The van der Waals surface area contributed by atoms with E-state index in [0.29, 0.717) is 12.0 Å². The van der Waals surface area contributed by atoms with E-state index in [1.165, 1.54) is 19.4 Å². The van der Waals surface area contributed by atoms with Gasteiger partial charge in [0.1, 0.15) is 0 Å². The van der Waals surface area contributed by atoms with Crippen LogP contribution in [-0.4, -0.2) is 43.3 Å². The molecule has 16 heavy (non-hydrogen) atoms. The van der Waals surface area contributed by atoms with Gasteiger partial charge in [-0.25, -0.2) is 0 Å². The smallest absolute Gasteiger partial charge is 0.0777 e. The number of nitrogens with two attached hydrogens (primary N) is 1. The highest BCUT2D eigenvalue weighted by atomic mass is 16.5. The third-order valence-corrected chi connectivity index (χ3v) is 3.50. The minimum Gasteiger partial charge on any atom is -0.377 e. The molecule has 1 heterocycles. The Hall–Kier alpha value is -0.120. The first-order valence-corrected chi connectivity index (χ1v) is 6.48. The van der Waals surface area contributed by atoms with E-state index in [0.717, 1.165) is 19.5 Å². The molecular weight excluding hydrogens is 200 g/mol. The molecule has 0 saturated carbocycles. The van der Waals surface area contributed by atoms with Crippen molar-refractivity contribution in [1.29, 1.82) is 0 Å². The molecule has 0 bridgehead atoms. The molecule has 0 amide bonds. The van der Waals surface area contributed by atoms with Crippen LogP contribution in [0.3, 0.4) is 0 Å². The van der Waals surface area contributed by atoms with Gasteiger partial charge < -0.3 is 10.5 Å². The van der Waals surface area contributed by atoms with E-state index in [4.69, 9.17) is 10.5 Å². The Balaban J connectivity index is 2.37. The van der Waals surface area contributed by atoms with Crippen LogP contribution in [0, 0.1) is 5.92 Å². The molecule has 1 rings (SSSR count). The summed E-state index contributed by atoms with van der Waals surface area (Å²) in [6.07, 6.45) is 3.50. The lowest BCUT2D eigenvalue weighted by atomic mass is 9.94. The quantitative estimate of drug-likeness (QED) is 0.780. The fourth-order valence-electron chi connectivity index (χ4n) is 2.64. The maximum atomic E-state index is 6.15. The first-order chi connectivity index (χ1) is 7.45. The number of methoxy groups -OCH3 is 1. The van der Waals surface area contributed by atoms with Crippen LogP contribution in [0.4, 0.5) is 0 Å². The molecule has 2 unspecified atom stereocenters. The zero-order valence-electron chi connectivity index (χ0n) is 11.3. The second-order valence-electron chi connectivity index (χ2n) is 5.88. The van der Waals surface area contributed by atoms with E-state index >= 15 is 0 Å². The highest BCUT2D eigenvalue weighted by Gasteiger charge is 2.31. The normalized spacial score (nSPS) is 29.6. The van der Waals surface area contributed by atoms with Gasteiger partial charge in [-0.05, 0) is 38.6 Å². The Morgan fingerprint density at radius 1 is 1.44 bits per heavy atom. The highest BCUT2D eigenvalue weighted by Crippen LogP contribution is 2.24. The van der Waals surface area contributed by atoms with Crippen molar-refractivity contribution in [1.82, 2.24) is 4.90 Å². The van der Waals surface area contributed by atoms with Crippen molar-refractivity contribution in [3.05, 3.63) is 0 Å². The summed E-state index contributed by atoms with van der Waals surface area (Å²) in [4.78, 5) is 2.46. The summed E-state index contributed by atoms with van der Waals surface area (Å²) in [5.74, 6) is 0.689. The third kappa shape index (κ3) is 4.40. The Labute approximate surface area is 100 Å². The van der Waals surface area contributed by atoms with Gasteiger partial charge in [-0.15, -0.1) is 0 Å². The molecule has 3 nitrogen and oxygen atoms in total. The van der Waals surface area contributed by atoms with Crippen molar-refractivity contribution in [3.63, 3.8) is 0 Å². The van der Waals surface area contributed by atoms with Gasteiger partial charge in [-0.2, -0.15) is 0 Å². The predicted molar refractivity (Wildman–Crippen MR) is 68.5 cm³/mol. The SMILES string of the molecule is COC1(C)CCCN(CC(N)CC(C)C)C1. The zero-order valence-corrected chi connectivity index (χ0v) is 11.3. The molecule has 0 aliphatic carbocycles.